The summed E-state index contributed by atoms with van der Waals surface area (Å²) >= 11 is 15.5. The van der Waals surface area contributed by atoms with Crippen molar-refractivity contribution in [2.75, 3.05) is 19.6 Å². The molecule has 5 nitrogen and oxygen atoms in total. The van der Waals surface area contributed by atoms with Gasteiger partial charge in [-0.1, -0.05) is 45.2 Å². The third-order valence-corrected chi connectivity index (χ3v) is 7.51. The number of hydrogen-bond acceptors (Lipinski definition) is 3. The highest BCUT2D eigenvalue weighted by Crippen LogP contribution is 2.26. The molecule has 0 N–H and O–H groups in total. The summed E-state index contributed by atoms with van der Waals surface area (Å²) in [6.07, 6.45) is 1.88. The minimum absolute atomic E-state index is 0.0199. The van der Waals surface area contributed by atoms with E-state index in [-0.39, 0.29) is 23.9 Å². The molecule has 2 aromatic rings. The number of sulfonamides is 1. The minimum atomic E-state index is -3.89. The Kier molecular flexibility index (Phi) is 7.04. The van der Waals surface area contributed by atoms with Crippen LogP contribution in [0.5, 0.6) is 0 Å². The van der Waals surface area contributed by atoms with E-state index < -0.39 is 10.0 Å². The van der Waals surface area contributed by atoms with Crippen LogP contribution in [0, 0.1) is 0 Å². The fraction of sp³-hybridized carbons (Fsp3) is 0.316. The molecule has 2 aromatic carbocycles. The molecule has 0 bridgehead atoms. The molecule has 9 heteroatoms. The van der Waals surface area contributed by atoms with E-state index in [2.05, 4.69) is 15.9 Å². The normalized spacial score (nSPS) is 14.6. The van der Waals surface area contributed by atoms with Crippen LogP contribution in [0.2, 0.25) is 10.0 Å². The predicted molar refractivity (Wildman–Crippen MR) is 114 cm³/mol. The van der Waals surface area contributed by atoms with Gasteiger partial charge >= 0.3 is 0 Å². The summed E-state index contributed by atoms with van der Waals surface area (Å²) in [5.41, 5.74) is 0.584. The minimum Gasteiger partial charge on any atom is -0.342 e. The van der Waals surface area contributed by atoms with Gasteiger partial charge in [0.1, 0.15) is 0 Å². The van der Waals surface area contributed by atoms with E-state index in [4.69, 9.17) is 23.2 Å². The third kappa shape index (κ3) is 5.07. The van der Waals surface area contributed by atoms with Crippen molar-refractivity contribution in [3.8, 4) is 0 Å². The molecule has 28 heavy (non-hydrogen) atoms. The standard InChI is InChI=1S/C19H19BrCl2N2O3S/c20-15-4-7-17(8-5-15)28(26,27)24(13-19(25)23-9-1-2-10-23)12-14-3-6-16(21)11-18(14)22/h3-8,11H,1-2,9-10,12-13H2. The Hall–Kier alpha value is -1.12. The van der Waals surface area contributed by atoms with Crippen molar-refractivity contribution >= 4 is 55.1 Å². The third-order valence-electron chi connectivity index (χ3n) is 4.58. The van der Waals surface area contributed by atoms with Crippen LogP contribution in [0.25, 0.3) is 0 Å². The first kappa shape index (κ1) is 21.6. The van der Waals surface area contributed by atoms with E-state index >= 15 is 0 Å². The van der Waals surface area contributed by atoms with Gasteiger partial charge in [-0.3, -0.25) is 4.79 Å². The first-order valence-electron chi connectivity index (χ1n) is 8.75. The van der Waals surface area contributed by atoms with Gasteiger partial charge in [0.15, 0.2) is 0 Å². The lowest BCUT2D eigenvalue weighted by atomic mass is 10.2. The highest BCUT2D eigenvalue weighted by molar-refractivity contribution is 9.10. The molecule has 1 heterocycles. The largest absolute Gasteiger partial charge is 0.342 e. The van der Waals surface area contributed by atoms with Crippen molar-refractivity contribution in [3.63, 3.8) is 0 Å². The van der Waals surface area contributed by atoms with Gasteiger partial charge in [-0.15, -0.1) is 0 Å². The smallest absolute Gasteiger partial charge is 0.243 e. The molecule has 0 atom stereocenters. The summed E-state index contributed by atoms with van der Waals surface area (Å²) in [6.45, 7) is 1.06. The highest BCUT2D eigenvalue weighted by Gasteiger charge is 2.30. The Morgan fingerprint density at radius 2 is 1.71 bits per heavy atom. The van der Waals surface area contributed by atoms with Crippen molar-refractivity contribution in [2.24, 2.45) is 0 Å². The molecule has 0 unspecified atom stereocenters. The van der Waals surface area contributed by atoms with Gasteiger partial charge in [-0.2, -0.15) is 4.31 Å². The lowest BCUT2D eigenvalue weighted by Gasteiger charge is -2.25. The second-order valence-electron chi connectivity index (χ2n) is 6.55. The summed E-state index contributed by atoms with van der Waals surface area (Å²) in [5, 5.41) is 0.821. The molecule has 1 aliphatic heterocycles. The summed E-state index contributed by atoms with van der Waals surface area (Å²) in [5.74, 6) is -0.205. The van der Waals surface area contributed by atoms with E-state index in [0.29, 0.717) is 28.7 Å². The van der Waals surface area contributed by atoms with E-state index in [9.17, 15) is 13.2 Å². The molecule has 1 fully saturated rings. The summed E-state index contributed by atoms with van der Waals surface area (Å²) in [4.78, 5) is 14.5. The zero-order chi connectivity index (χ0) is 20.3. The van der Waals surface area contributed by atoms with Gasteiger partial charge in [0.05, 0.1) is 11.4 Å². The summed E-state index contributed by atoms with van der Waals surface area (Å²) in [7, 11) is -3.89. The van der Waals surface area contributed by atoms with Crippen LogP contribution in [0.1, 0.15) is 18.4 Å². The number of nitrogens with zero attached hydrogens (tertiary/aromatic N) is 2. The van der Waals surface area contributed by atoms with E-state index in [1.54, 1.807) is 35.2 Å². The molecule has 0 spiro atoms. The van der Waals surface area contributed by atoms with Crippen LogP contribution in [0.3, 0.4) is 0 Å². The molecule has 0 aliphatic carbocycles. The van der Waals surface area contributed by atoms with Crippen molar-refractivity contribution < 1.29 is 13.2 Å². The molecule has 0 saturated carbocycles. The van der Waals surface area contributed by atoms with Gasteiger partial charge < -0.3 is 4.90 Å². The fourth-order valence-corrected chi connectivity index (χ4v) is 5.14. The number of carbonyl (C=O) groups excluding carboxylic acids is 1. The maximum absolute atomic E-state index is 13.2. The molecular weight excluding hydrogens is 487 g/mol. The summed E-state index contributed by atoms with van der Waals surface area (Å²) < 4.78 is 28.4. The Bertz CT molecular complexity index is 962. The SMILES string of the molecule is O=C(CN(Cc1ccc(Cl)cc1Cl)S(=O)(=O)c1ccc(Br)cc1)N1CCCC1. The number of halogens is 3. The number of benzene rings is 2. The van der Waals surface area contributed by atoms with E-state index in [1.165, 1.54) is 16.4 Å². The molecule has 3 rings (SSSR count). The fourth-order valence-electron chi connectivity index (χ4n) is 3.04. The van der Waals surface area contributed by atoms with Crippen LogP contribution in [0.4, 0.5) is 0 Å². The molecule has 1 aliphatic rings. The summed E-state index contributed by atoms with van der Waals surface area (Å²) in [6, 6.07) is 11.2. The van der Waals surface area contributed by atoms with Gasteiger partial charge in [-0.25, -0.2) is 8.42 Å². The first-order valence-corrected chi connectivity index (χ1v) is 11.7. The maximum Gasteiger partial charge on any atom is 0.243 e. The van der Waals surface area contributed by atoms with Gasteiger partial charge in [0.25, 0.3) is 0 Å². The first-order chi connectivity index (χ1) is 13.3. The topological polar surface area (TPSA) is 57.7 Å². The van der Waals surface area contributed by atoms with Crippen molar-refractivity contribution in [2.45, 2.75) is 24.3 Å². The van der Waals surface area contributed by atoms with E-state index in [1.807, 2.05) is 0 Å². The zero-order valence-corrected chi connectivity index (χ0v) is 18.9. The van der Waals surface area contributed by atoms with Gasteiger partial charge in [0, 0.05) is 34.2 Å². The lowest BCUT2D eigenvalue weighted by molar-refractivity contribution is -0.130. The Morgan fingerprint density at radius 1 is 1.07 bits per heavy atom. The Labute approximate surface area is 183 Å². The Balaban J connectivity index is 1.92. The molecule has 0 aromatic heterocycles. The van der Waals surface area contributed by atoms with Gasteiger partial charge in [0.2, 0.25) is 15.9 Å². The maximum atomic E-state index is 13.2. The zero-order valence-electron chi connectivity index (χ0n) is 14.9. The van der Waals surface area contributed by atoms with Crippen molar-refractivity contribution in [1.82, 2.24) is 9.21 Å². The van der Waals surface area contributed by atoms with Gasteiger partial charge in [-0.05, 0) is 54.8 Å². The van der Waals surface area contributed by atoms with E-state index in [0.717, 1.165) is 17.3 Å². The van der Waals surface area contributed by atoms with Crippen molar-refractivity contribution in [3.05, 3.63) is 62.5 Å². The number of amides is 1. The average Bonchev–Trinajstić information content (AvgIpc) is 3.18. The number of rotatable bonds is 6. The molecule has 0 radical (unpaired) electrons. The Morgan fingerprint density at radius 3 is 2.32 bits per heavy atom. The molecule has 1 saturated heterocycles. The lowest BCUT2D eigenvalue weighted by Crippen LogP contribution is -2.41. The average molecular weight is 506 g/mol. The molecule has 150 valence electrons. The predicted octanol–water partition coefficient (Wildman–Crippen LogP) is 4.57. The number of likely N-dealkylation sites (tertiary alicyclic amines) is 1. The highest BCUT2D eigenvalue weighted by atomic mass is 79.9. The second-order valence-corrected chi connectivity index (χ2v) is 10.2. The van der Waals surface area contributed by atoms with Crippen LogP contribution < -0.4 is 0 Å². The van der Waals surface area contributed by atoms with Crippen molar-refractivity contribution in [1.29, 1.82) is 0 Å². The number of carbonyl (C=O) groups is 1. The monoisotopic (exact) mass is 504 g/mol. The van der Waals surface area contributed by atoms with Crippen LogP contribution in [-0.2, 0) is 21.4 Å². The van der Waals surface area contributed by atoms with Crippen LogP contribution in [0.15, 0.2) is 51.8 Å². The van der Waals surface area contributed by atoms with Crippen LogP contribution in [-0.4, -0.2) is 43.2 Å². The molecule has 1 amide bonds. The molecular formula is C19H19BrCl2N2O3S. The number of hydrogen-bond donors (Lipinski definition) is 0. The quantitative estimate of drug-likeness (QED) is 0.577. The van der Waals surface area contributed by atoms with Crippen LogP contribution >= 0.6 is 39.1 Å². The second kappa shape index (κ2) is 9.13.